The van der Waals surface area contributed by atoms with Crippen molar-refractivity contribution in [1.82, 2.24) is 0 Å². The first-order chi connectivity index (χ1) is 9.91. The fraction of sp³-hybridized carbons (Fsp3) is 1.00. The van der Waals surface area contributed by atoms with Crippen LogP contribution in [0.15, 0.2) is 0 Å². The molecule has 0 heterocycles. The van der Waals surface area contributed by atoms with Crippen LogP contribution < -0.4 is 5.26 Å². The van der Waals surface area contributed by atoms with Gasteiger partial charge in [-0.2, -0.15) is 13.1 Å². The van der Waals surface area contributed by atoms with E-state index in [9.17, 15) is 19.1 Å². The maximum atomic E-state index is 13.2. The van der Waals surface area contributed by atoms with Crippen LogP contribution in [0, 0.1) is 23.7 Å². The minimum Gasteiger partial charge on any atom is -0.691 e. The third-order valence-electron chi connectivity index (χ3n) is 5.20. The van der Waals surface area contributed by atoms with Gasteiger partial charge in [-0.25, -0.2) is 0 Å². The summed E-state index contributed by atoms with van der Waals surface area (Å²) in [7, 11) is 0. The van der Waals surface area contributed by atoms with Crippen molar-refractivity contribution in [3.8, 4) is 0 Å². The van der Waals surface area contributed by atoms with Crippen molar-refractivity contribution in [2.45, 2.75) is 43.0 Å². The summed E-state index contributed by atoms with van der Waals surface area (Å²) < 4.78 is 35.3. The summed E-state index contributed by atoms with van der Waals surface area (Å²) >= 11 is -0.340. The molecule has 4 saturated carbocycles. The topological polar surface area (TPSA) is 71.0 Å². The number of halogens is 2. The van der Waals surface area contributed by atoms with Gasteiger partial charge in [0.15, 0.2) is 0 Å². The Morgan fingerprint density at radius 2 is 1.90 bits per heavy atom. The predicted octanol–water partition coefficient (Wildman–Crippen LogP) is 1.65. The predicted molar refractivity (Wildman–Crippen MR) is 67.5 cm³/mol. The lowest BCUT2D eigenvalue weighted by Gasteiger charge is -2.58. The Bertz CT molecular complexity index is 368. The second kappa shape index (κ2) is 5.90. The lowest BCUT2D eigenvalue weighted by molar-refractivity contribution is -0.777. The van der Waals surface area contributed by atoms with Crippen LogP contribution in [0.4, 0.5) is 8.78 Å². The molecule has 0 aromatic heterocycles. The molecule has 0 aromatic rings. The zero-order chi connectivity index (χ0) is 15.1. The van der Waals surface area contributed by atoms with E-state index in [1.807, 2.05) is 0 Å². The zero-order valence-electron chi connectivity index (χ0n) is 11.5. The van der Waals surface area contributed by atoms with E-state index in [2.05, 4.69) is 9.37 Å². The Labute approximate surface area is 126 Å². The molecule has 5 nitrogen and oxygen atoms in total. The third-order valence-corrected chi connectivity index (χ3v) is 5.69. The van der Waals surface area contributed by atoms with Crippen molar-refractivity contribution in [3.63, 3.8) is 0 Å². The fourth-order valence-electron chi connectivity index (χ4n) is 4.76. The molecule has 0 saturated heterocycles. The molecule has 2 unspecified atom stereocenters. The summed E-state index contributed by atoms with van der Waals surface area (Å²) in [5, 5.41) is 19.6. The van der Waals surface area contributed by atoms with Crippen molar-refractivity contribution in [1.29, 1.82) is 0 Å². The standard InChI is InChI=1S/C13H20F2O5S/c14-13(15,21-20-19-17)7-18-6-11-9-1-8-2-10(11)5-12(16,3-8)4-9/h8-11,16-17H,1-7H2/p-1. The van der Waals surface area contributed by atoms with E-state index in [0.29, 0.717) is 17.8 Å². The average molecular weight is 325 g/mol. The molecule has 4 fully saturated rings. The van der Waals surface area contributed by atoms with E-state index in [4.69, 9.17) is 4.74 Å². The number of hydrogen-bond acceptors (Lipinski definition) is 6. The lowest BCUT2D eigenvalue weighted by Crippen LogP contribution is -2.55. The summed E-state index contributed by atoms with van der Waals surface area (Å²) in [6.45, 7) is -0.544. The van der Waals surface area contributed by atoms with E-state index < -0.39 is 17.5 Å². The number of aliphatic hydroxyl groups is 1. The molecule has 2 atom stereocenters. The first-order valence-corrected chi connectivity index (χ1v) is 7.97. The van der Waals surface area contributed by atoms with E-state index in [1.54, 1.807) is 0 Å². The van der Waals surface area contributed by atoms with Crippen LogP contribution >= 0.6 is 12.0 Å². The molecule has 0 aliphatic heterocycles. The van der Waals surface area contributed by atoms with E-state index >= 15 is 0 Å². The number of ether oxygens (including phenoxy) is 1. The molecule has 4 rings (SSSR count). The van der Waals surface area contributed by atoms with Gasteiger partial charge in [0.2, 0.25) is 0 Å². The Kier molecular flexibility index (Phi) is 4.46. The second-order valence-electron chi connectivity index (χ2n) is 6.73. The molecule has 8 heteroatoms. The van der Waals surface area contributed by atoms with Crippen molar-refractivity contribution >= 4 is 12.0 Å². The molecular formula is C13H19F2O5S-. The van der Waals surface area contributed by atoms with Crippen LogP contribution in [0.2, 0.25) is 0 Å². The number of hydrogen-bond donors (Lipinski definition) is 1. The van der Waals surface area contributed by atoms with Gasteiger partial charge in [-0.1, -0.05) is 0 Å². The Balaban J connectivity index is 1.48. The van der Waals surface area contributed by atoms with Gasteiger partial charge in [0.1, 0.15) is 18.6 Å². The highest BCUT2D eigenvalue weighted by atomic mass is 32.2. The van der Waals surface area contributed by atoms with Gasteiger partial charge in [0.05, 0.1) is 12.2 Å². The molecule has 4 aliphatic carbocycles. The van der Waals surface area contributed by atoms with Crippen LogP contribution in [0.5, 0.6) is 0 Å². The van der Waals surface area contributed by atoms with Gasteiger partial charge in [0.25, 0.3) is 0 Å². The van der Waals surface area contributed by atoms with Crippen molar-refractivity contribution in [3.05, 3.63) is 0 Å². The minimum absolute atomic E-state index is 0.249. The number of alkyl halides is 2. The van der Waals surface area contributed by atoms with Crippen LogP contribution in [0.3, 0.4) is 0 Å². The molecule has 0 aromatic carbocycles. The zero-order valence-corrected chi connectivity index (χ0v) is 12.3. The summed E-state index contributed by atoms with van der Waals surface area (Å²) in [4.78, 5) is 0. The molecule has 4 aliphatic rings. The first-order valence-electron chi connectivity index (χ1n) is 7.23. The van der Waals surface area contributed by atoms with Gasteiger partial charge in [-0.3, -0.25) is 5.04 Å². The maximum Gasteiger partial charge on any atom is 0.343 e. The first kappa shape index (κ1) is 15.9. The number of rotatable bonds is 7. The average Bonchev–Trinajstić information content (AvgIpc) is 2.38. The van der Waals surface area contributed by atoms with Crippen molar-refractivity contribution in [2.75, 3.05) is 13.2 Å². The normalized spacial score (nSPS) is 41.7. The van der Waals surface area contributed by atoms with E-state index in [0.717, 1.165) is 32.1 Å². The van der Waals surface area contributed by atoms with Gasteiger partial charge in [-0.15, -0.1) is 0 Å². The summed E-state index contributed by atoms with van der Waals surface area (Å²) in [6.07, 6.45) is 4.59. The SMILES string of the molecule is [O-]OOSC(F)(F)COCC1C2CC3CC1CC(O)(C3)C2. The molecular weight excluding hydrogens is 306 g/mol. The van der Waals surface area contributed by atoms with Crippen LogP contribution in [0.1, 0.15) is 32.1 Å². The van der Waals surface area contributed by atoms with Crippen molar-refractivity contribution < 1.29 is 33.3 Å². The molecule has 4 bridgehead atoms. The Morgan fingerprint density at radius 1 is 1.24 bits per heavy atom. The summed E-state index contributed by atoms with van der Waals surface area (Å²) in [5.41, 5.74) is -0.522. The highest BCUT2D eigenvalue weighted by Gasteiger charge is 2.54. The quantitative estimate of drug-likeness (QED) is 0.436. The molecule has 0 radical (unpaired) electrons. The molecule has 1 N–H and O–H groups in total. The maximum absolute atomic E-state index is 13.2. The van der Waals surface area contributed by atoms with Crippen LogP contribution in [-0.4, -0.2) is 29.2 Å². The van der Waals surface area contributed by atoms with Gasteiger partial charge in [-0.05, 0) is 55.8 Å². The molecule has 0 amide bonds. The smallest absolute Gasteiger partial charge is 0.343 e. The van der Waals surface area contributed by atoms with Crippen molar-refractivity contribution in [2.24, 2.45) is 23.7 Å². The molecule has 0 spiro atoms. The lowest BCUT2D eigenvalue weighted by atomic mass is 9.50. The van der Waals surface area contributed by atoms with Gasteiger partial charge in [0, 0.05) is 0 Å². The van der Waals surface area contributed by atoms with E-state index in [-0.39, 0.29) is 24.6 Å². The van der Waals surface area contributed by atoms with Gasteiger partial charge < -0.3 is 15.1 Å². The van der Waals surface area contributed by atoms with Crippen LogP contribution in [0.25, 0.3) is 0 Å². The van der Waals surface area contributed by atoms with Gasteiger partial charge >= 0.3 is 5.25 Å². The monoisotopic (exact) mass is 325 g/mol. The molecule has 122 valence electrons. The fourth-order valence-corrected chi connectivity index (χ4v) is 5.02. The minimum atomic E-state index is -3.31. The Morgan fingerprint density at radius 3 is 2.48 bits per heavy atom. The van der Waals surface area contributed by atoms with E-state index in [1.165, 1.54) is 0 Å². The van der Waals surface area contributed by atoms with Crippen LogP contribution in [-0.2, 0) is 14.1 Å². The summed E-state index contributed by atoms with van der Waals surface area (Å²) in [6, 6.07) is 0. The molecule has 21 heavy (non-hydrogen) atoms. The largest absolute Gasteiger partial charge is 0.691 e. The second-order valence-corrected chi connectivity index (χ2v) is 7.63. The highest BCUT2D eigenvalue weighted by Crippen LogP contribution is 2.58. The summed E-state index contributed by atoms with van der Waals surface area (Å²) in [5.74, 6) is 1.59. The Hall–Kier alpha value is 0.01000. The third kappa shape index (κ3) is 3.51. The highest BCUT2D eigenvalue weighted by molar-refractivity contribution is 7.95.